The van der Waals surface area contributed by atoms with E-state index >= 15 is 0 Å². The number of halogens is 4. The van der Waals surface area contributed by atoms with Gasteiger partial charge in [0, 0.05) is 5.56 Å². The molecule has 0 bridgehead atoms. The molecule has 0 N–H and O–H groups in total. The first kappa shape index (κ1) is 22.0. The Balaban J connectivity index is 2.14. The van der Waals surface area contributed by atoms with Crippen molar-refractivity contribution in [3.8, 4) is 17.3 Å². The van der Waals surface area contributed by atoms with E-state index < -0.39 is 36.4 Å². The molecular formula is C20H20ClF3N4O2. The molecule has 0 saturated heterocycles. The lowest BCUT2D eigenvalue weighted by Gasteiger charge is -2.40. The Morgan fingerprint density at radius 3 is 2.57 bits per heavy atom. The fraction of sp³-hybridized carbons (Fsp3) is 0.450. The lowest BCUT2D eigenvalue weighted by molar-refractivity contribution is -0.00364. The maximum Gasteiger partial charge on any atom is 0.410 e. The van der Waals surface area contributed by atoms with Gasteiger partial charge in [-0.1, -0.05) is 11.6 Å². The second kappa shape index (κ2) is 7.84. The number of aromatic nitrogens is 2. The predicted molar refractivity (Wildman–Crippen MR) is 104 cm³/mol. The van der Waals surface area contributed by atoms with E-state index in [0.29, 0.717) is 5.56 Å². The lowest BCUT2D eigenvalue weighted by atomic mass is 9.98. The van der Waals surface area contributed by atoms with Gasteiger partial charge in [-0.25, -0.2) is 18.0 Å². The zero-order chi connectivity index (χ0) is 22.3. The van der Waals surface area contributed by atoms with Crippen molar-refractivity contribution >= 4 is 17.7 Å². The van der Waals surface area contributed by atoms with Gasteiger partial charge in [-0.3, -0.25) is 9.58 Å². The molecule has 1 aliphatic heterocycles. The number of hydrogen-bond donors (Lipinski definition) is 0. The standard InChI is InChI=1S/C20H20ClF3N4O2/c1-19(2,3)30-18(29)27-8-16-13(7-25)17(12-4-5-15(24)14(21)6-12)26-28(16)20(9-22,10-23)11-27/h4-6H,8-11H2,1-3H3. The molecule has 1 aromatic heterocycles. The van der Waals surface area contributed by atoms with Gasteiger partial charge in [0.25, 0.3) is 0 Å². The van der Waals surface area contributed by atoms with Gasteiger partial charge in [0.1, 0.15) is 47.6 Å². The molecular weight excluding hydrogens is 421 g/mol. The van der Waals surface area contributed by atoms with Crippen LogP contribution in [0.3, 0.4) is 0 Å². The third-order valence-electron chi connectivity index (χ3n) is 4.71. The highest BCUT2D eigenvalue weighted by molar-refractivity contribution is 6.31. The lowest BCUT2D eigenvalue weighted by Crippen LogP contribution is -2.56. The van der Waals surface area contributed by atoms with E-state index in [9.17, 15) is 23.2 Å². The number of benzene rings is 1. The molecule has 0 atom stereocenters. The number of fused-ring (bicyclic) bond motifs is 1. The monoisotopic (exact) mass is 440 g/mol. The van der Waals surface area contributed by atoms with Crippen LogP contribution in [0.1, 0.15) is 32.0 Å². The van der Waals surface area contributed by atoms with Crippen LogP contribution in [0, 0.1) is 17.1 Å². The van der Waals surface area contributed by atoms with Crippen molar-refractivity contribution in [3.63, 3.8) is 0 Å². The fourth-order valence-electron chi connectivity index (χ4n) is 3.30. The molecule has 10 heteroatoms. The molecule has 1 aromatic carbocycles. The van der Waals surface area contributed by atoms with Gasteiger partial charge in [0.15, 0.2) is 0 Å². The molecule has 3 rings (SSSR count). The summed E-state index contributed by atoms with van der Waals surface area (Å²) in [6.07, 6.45) is -0.753. The zero-order valence-corrected chi connectivity index (χ0v) is 17.4. The van der Waals surface area contributed by atoms with E-state index in [4.69, 9.17) is 16.3 Å². The van der Waals surface area contributed by atoms with Crippen LogP contribution in [0.25, 0.3) is 11.3 Å². The van der Waals surface area contributed by atoms with Gasteiger partial charge in [-0.15, -0.1) is 0 Å². The molecule has 0 radical (unpaired) electrons. The van der Waals surface area contributed by atoms with E-state index in [1.807, 2.05) is 6.07 Å². The summed E-state index contributed by atoms with van der Waals surface area (Å²) in [6, 6.07) is 5.75. The van der Waals surface area contributed by atoms with Gasteiger partial charge >= 0.3 is 6.09 Å². The number of nitrogens with zero attached hydrogens (tertiary/aromatic N) is 4. The number of carbonyl (C=O) groups is 1. The van der Waals surface area contributed by atoms with Crippen LogP contribution in [-0.2, 0) is 16.8 Å². The molecule has 160 valence electrons. The van der Waals surface area contributed by atoms with E-state index in [0.717, 1.165) is 15.6 Å². The highest BCUT2D eigenvalue weighted by Gasteiger charge is 2.45. The van der Waals surface area contributed by atoms with Crippen LogP contribution >= 0.6 is 11.6 Å². The van der Waals surface area contributed by atoms with Gasteiger partial charge in [-0.2, -0.15) is 10.4 Å². The predicted octanol–water partition coefficient (Wildman–Crippen LogP) is 4.60. The highest BCUT2D eigenvalue weighted by atomic mass is 35.5. The summed E-state index contributed by atoms with van der Waals surface area (Å²) in [5.74, 6) is -0.652. The number of nitriles is 1. The van der Waals surface area contributed by atoms with E-state index in [-0.39, 0.29) is 35.1 Å². The molecule has 2 heterocycles. The van der Waals surface area contributed by atoms with Crippen LogP contribution in [0.4, 0.5) is 18.0 Å². The highest BCUT2D eigenvalue weighted by Crippen LogP contribution is 2.36. The van der Waals surface area contributed by atoms with Crippen molar-refractivity contribution in [2.45, 2.75) is 38.5 Å². The van der Waals surface area contributed by atoms with Crippen molar-refractivity contribution in [3.05, 3.63) is 40.3 Å². The Morgan fingerprint density at radius 2 is 2.03 bits per heavy atom. The van der Waals surface area contributed by atoms with Gasteiger partial charge in [0.2, 0.25) is 0 Å². The number of ether oxygens (including phenoxy) is 1. The van der Waals surface area contributed by atoms with Crippen molar-refractivity contribution in [2.75, 3.05) is 19.9 Å². The number of alkyl halides is 2. The SMILES string of the molecule is CC(C)(C)OC(=O)N1Cc2c(C#N)c(-c3ccc(F)c(Cl)c3)nn2C(CF)(CF)C1. The Bertz CT molecular complexity index is 1020. The summed E-state index contributed by atoms with van der Waals surface area (Å²) in [7, 11) is 0. The topological polar surface area (TPSA) is 71.2 Å². The van der Waals surface area contributed by atoms with Gasteiger partial charge in [0.05, 0.1) is 23.8 Å². The fourth-order valence-corrected chi connectivity index (χ4v) is 3.48. The smallest absolute Gasteiger partial charge is 0.410 e. The summed E-state index contributed by atoms with van der Waals surface area (Å²) in [5, 5.41) is 13.8. The van der Waals surface area contributed by atoms with E-state index in [2.05, 4.69) is 5.10 Å². The summed E-state index contributed by atoms with van der Waals surface area (Å²) in [6.45, 7) is 2.26. The first-order chi connectivity index (χ1) is 14.0. The van der Waals surface area contributed by atoms with Crippen LogP contribution in [0.15, 0.2) is 18.2 Å². The minimum atomic E-state index is -1.81. The first-order valence-corrected chi connectivity index (χ1v) is 9.51. The van der Waals surface area contributed by atoms with Crippen LogP contribution in [0.5, 0.6) is 0 Å². The third kappa shape index (κ3) is 3.84. The Hall–Kier alpha value is -2.73. The molecule has 0 fully saturated rings. The van der Waals surface area contributed by atoms with Gasteiger partial charge in [-0.05, 0) is 39.0 Å². The third-order valence-corrected chi connectivity index (χ3v) is 5.00. The second-order valence-electron chi connectivity index (χ2n) is 8.15. The van der Waals surface area contributed by atoms with Crippen molar-refractivity contribution in [1.29, 1.82) is 5.26 Å². The summed E-state index contributed by atoms with van der Waals surface area (Å²) >= 11 is 5.84. The number of hydrogen-bond acceptors (Lipinski definition) is 4. The molecule has 0 saturated carbocycles. The molecule has 2 aromatic rings. The van der Waals surface area contributed by atoms with Crippen LogP contribution in [-0.4, -0.2) is 46.3 Å². The average Bonchev–Trinajstić information content (AvgIpc) is 3.07. The van der Waals surface area contributed by atoms with E-state index in [1.54, 1.807) is 20.8 Å². The molecule has 30 heavy (non-hydrogen) atoms. The number of amides is 1. The maximum absolute atomic E-state index is 14.1. The molecule has 0 aliphatic carbocycles. The van der Waals surface area contributed by atoms with Crippen LogP contribution < -0.4 is 0 Å². The first-order valence-electron chi connectivity index (χ1n) is 9.13. The summed E-state index contributed by atoms with van der Waals surface area (Å²) in [5.41, 5.74) is -2.01. The molecule has 0 unspecified atom stereocenters. The Labute approximate surface area is 176 Å². The minimum absolute atomic E-state index is 0.0252. The van der Waals surface area contributed by atoms with Gasteiger partial charge < -0.3 is 4.74 Å². The minimum Gasteiger partial charge on any atom is -0.444 e. The molecule has 0 spiro atoms. The summed E-state index contributed by atoms with van der Waals surface area (Å²) in [4.78, 5) is 13.7. The van der Waals surface area contributed by atoms with Crippen molar-refractivity contribution in [1.82, 2.24) is 14.7 Å². The quantitative estimate of drug-likeness (QED) is 0.699. The molecule has 6 nitrogen and oxygen atoms in total. The summed E-state index contributed by atoms with van der Waals surface area (Å²) < 4.78 is 48.3. The zero-order valence-electron chi connectivity index (χ0n) is 16.7. The normalized spacial score (nSPS) is 15.5. The maximum atomic E-state index is 14.1. The Morgan fingerprint density at radius 1 is 1.37 bits per heavy atom. The number of rotatable bonds is 3. The average molecular weight is 441 g/mol. The van der Waals surface area contributed by atoms with Crippen LogP contribution in [0.2, 0.25) is 5.02 Å². The second-order valence-corrected chi connectivity index (χ2v) is 8.56. The number of carbonyl (C=O) groups excluding carboxylic acids is 1. The molecule has 1 amide bonds. The Kier molecular flexibility index (Phi) is 5.74. The largest absolute Gasteiger partial charge is 0.444 e. The molecule has 1 aliphatic rings. The van der Waals surface area contributed by atoms with E-state index in [1.165, 1.54) is 12.1 Å². The van der Waals surface area contributed by atoms with Crippen molar-refractivity contribution in [2.24, 2.45) is 0 Å². The van der Waals surface area contributed by atoms with Crippen molar-refractivity contribution < 1.29 is 22.7 Å².